The van der Waals surface area contributed by atoms with Crippen LogP contribution in [0, 0.1) is 0 Å². The third kappa shape index (κ3) is 2.79. The highest BCUT2D eigenvalue weighted by molar-refractivity contribution is 9.10. The monoisotopic (exact) mass is 365 g/mol. The molecule has 0 bridgehead atoms. The number of carbonyl (C=O) groups excluding carboxylic acids is 1. The summed E-state index contributed by atoms with van der Waals surface area (Å²) >= 11 is 6.31. The molecule has 0 saturated carbocycles. The Balaban J connectivity index is 1.79. The van der Waals surface area contributed by atoms with E-state index in [1.807, 2.05) is 35.7 Å². The summed E-state index contributed by atoms with van der Waals surface area (Å²) in [4.78, 5) is 13.2. The van der Waals surface area contributed by atoms with E-state index >= 15 is 0 Å². The minimum absolute atomic E-state index is 0.202. The molecule has 0 fully saturated rings. The Kier molecular flexibility index (Phi) is 3.90. The fourth-order valence-corrected chi connectivity index (χ4v) is 3.58. The van der Waals surface area contributed by atoms with Crippen LogP contribution in [-0.4, -0.2) is 16.1 Å². The maximum atomic E-state index is 12.1. The summed E-state index contributed by atoms with van der Waals surface area (Å²) in [5.74, 6) is -0.202. The van der Waals surface area contributed by atoms with Gasteiger partial charge in [-0.25, -0.2) is 0 Å². The molecule has 0 atom stereocenters. The second-order valence-electron chi connectivity index (χ2n) is 3.82. The number of thiophene rings is 1. The fourth-order valence-electron chi connectivity index (χ4n) is 1.58. The molecular weight excluding hydrogens is 358 g/mol. The predicted octanol–water partition coefficient (Wildman–Crippen LogP) is 4.28. The van der Waals surface area contributed by atoms with Crippen molar-refractivity contribution in [1.82, 2.24) is 10.2 Å². The maximum Gasteiger partial charge on any atom is 0.258 e. The van der Waals surface area contributed by atoms with E-state index in [1.54, 1.807) is 17.4 Å². The summed E-state index contributed by atoms with van der Waals surface area (Å²) in [7, 11) is 0. The van der Waals surface area contributed by atoms with Gasteiger partial charge in [0, 0.05) is 4.47 Å². The quantitative estimate of drug-likeness (QED) is 0.753. The summed E-state index contributed by atoms with van der Waals surface area (Å²) in [6.45, 7) is 0. The molecule has 7 heteroatoms. The zero-order valence-corrected chi connectivity index (χ0v) is 13.3. The molecule has 1 N–H and O–H groups in total. The van der Waals surface area contributed by atoms with Gasteiger partial charge in [0.05, 0.1) is 10.4 Å². The van der Waals surface area contributed by atoms with Gasteiger partial charge in [-0.15, -0.1) is 21.5 Å². The third-order valence-corrected chi connectivity index (χ3v) is 5.07. The second kappa shape index (κ2) is 5.82. The van der Waals surface area contributed by atoms with Crippen molar-refractivity contribution in [2.75, 3.05) is 5.32 Å². The Hall–Kier alpha value is -1.57. The first-order chi connectivity index (χ1) is 9.74. The predicted molar refractivity (Wildman–Crippen MR) is 85.3 cm³/mol. The van der Waals surface area contributed by atoms with Crippen molar-refractivity contribution in [2.24, 2.45) is 0 Å². The number of benzene rings is 1. The highest BCUT2D eigenvalue weighted by atomic mass is 79.9. The highest BCUT2D eigenvalue weighted by Gasteiger charge is 2.13. The Morgan fingerprint density at radius 3 is 2.75 bits per heavy atom. The first-order valence-electron chi connectivity index (χ1n) is 5.67. The zero-order chi connectivity index (χ0) is 13.9. The maximum absolute atomic E-state index is 12.1. The summed E-state index contributed by atoms with van der Waals surface area (Å²) in [6, 6.07) is 11.2. The molecule has 3 rings (SSSR count). The van der Waals surface area contributed by atoms with E-state index in [0.29, 0.717) is 10.7 Å². The van der Waals surface area contributed by atoms with E-state index in [0.717, 1.165) is 14.4 Å². The van der Waals surface area contributed by atoms with Crippen molar-refractivity contribution in [3.05, 3.63) is 51.8 Å². The SMILES string of the molecule is O=C(Nc1nnc(-c2cccs2)s1)c1ccccc1Br. The lowest BCUT2D eigenvalue weighted by atomic mass is 10.2. The van der Waals surface area contributed by atoms with Crippen LogP contribution in [0.15, 0.2) is 46.3 Å². The summed E-state index contributed by atoms with van der Waals surface area (Å²) < 4.78 is 0.750. The number of nitrogens with zero attached hydrogens (tertiary/aromatic N) is 2. The number of amides is 1. The minimum Gasteiger partial charge on any atom is -0.296 e. The Bertz CT molecular complexity index is 740. The van der Waals surface area contributed by atoms with Gasteiger partial charge in [0.1, 0.15) is 0 Å². The van der Waals surface area contributed by atoms with Gasteiger partial charge < -0.3 is 0 Å². The molecule has 4 nitrogen and oxygen atoms in total. The number of nitrogens with one attached hydrogen (secondary N) is 1. The summed E-state index contributed by atoms with van der Waals surface area (Å²) in [5.41, 5.74) is 0.570. The van der Waals surface area contributed by atoms with Crippen molar-refractivity contribution >= 4 is 49.6 Å². The van der Waals surface area contributed by atoms with Crippen molar-refractivity contribution in [2.45, 2.75) is 0 Å². The van der Waals surface area contributed by atoms with Crippen LogP contribution < -0.4 is 5.32 Å². The number of hydrogen-bond acceptors (Lipinski definition) is 5. The van der Waals surface area contributed by atoms with Crippen LogP contribution in [0.2, 0.25) is 0 Å². The van der Waals surface area contributed by atoms with Crippen molar-refractivity contribution < 1.29 is 4.79 Å². The number of aromatic nitrogens is 2. The second-order valence-corrected chi connectivity index (χ2v) is 6.60. The molecule has 0 spiro atoms. The molecule has 0 saturated heterocycles. The molecule has 2 aromatic heterocycles. The molecule has 1 amide bonds. The van der Waals surface area contributed by atoms with Crippen LogP contribution >= 0.6 is 38.6 Å². The summed E-state index contributed by atoms with van der Waals surface area (Å²) in [5, 5.41) is 14.1. The third-order valence-electron chi connectivity index (χ3n) is 2.50. The normalized spacial score (nSPS) is 10.4. The lowest BCUT2D eigenvalue weighted by Gasteiger charge is -2.02. The Morgan fingerprint density at radius 1 is 1.15 bits per heavy atom. The lowest BCUT2D eigenvalue weighted by Crippen LogP contribution is -2.12. The van der Waals surface area contributed by atoms with Gasteiger partial charge >= 0.3 is 0 Å². The average Bonchev–Trinajstić information content (AvgIpc) is 3.09. The van der Waals surface area contributed by atoms with Gasteiger partial charge in [0.2, 0.25) is 5.13 Å². The van der Waals surface area contributed by atoms with Gasteiger partial charge in [0.25, 0.3) is 5.91 Å². The van der Waals surface area contributed by atoms with Crippen LogP contribution in [-0.2, 0) is 0 Å². The summed E-state index contributed by atoms with van der Waals surface area (Å²) in [6.07, 6.45) is 0. The number of anilines is 1. The van der Waals surface area contributed by atoms with Crippen LogP contribution in [0.1, 0.15) is 10.4 Å². The van der Waals surface area contributed by atoms with E-state index in [4.69, 9.17) is 0 Å². The molecule has 3 aromatic rings. The van der Waals surface area contributed by atoms with Crippen LogP contribution in [0.4, 0.5) is 5.13 Å². The largest absolute Gasteiger partial charge is 0.296 e. The molecule has 20 heavy (non-hydrogen) atoms. The molecule has 0 aliphatic carbocycles. The molecular formula is C13H8BrN3OS2. The Labute approximate surface area is 131 Å². The van der Waals surface area contributed by atoms with Gasteiger partial charge in [-0.1, -0.05) is 29.5 Å². The molecule has 2 heterocycles. The number of rotatable bonds is 3. The van der Waals surface area contributed by atoms with Gasteiger partial charge in [-0.05, 0) is 39.5 Å². The standard InChI is InChI=1S/C13H8BrN3OS2/c14-9-5-2-1-4-8(9)11(18)15-13-17-16-12(20-13)10-6-3-7-19-10/h1-7H,(H,15,17,18). The fraction of sp³-hybridized carbons (Fsp3) is 0. The molecule has 0 aliphatic rings. The minimum atomic E-state index is -0.202. The van der Waals surface area contributed by atoms with E-state index in [2.05, 4.69) is 31.4 Å². The molecule has 1 aromatic carbocycles. The Morgan fingerprint density at radius 2 is 2.00 bits per heavy atom. The van der Waals surface area contributed by atoms with Crippen LogP contribution in [0.25, 0.3) is 9.88 Å². The van der Waals surface area contributed by atoms with Crippen molar-refractivity contribution in [1.29, 1.82) is 0 Å². The van der Waals surface area contributed by atoms with Crippen molar-refractivity contribution in [3.63, 3.8) is 0 Å². The van der Waals surface area contributed by atoms with Crippen LogP contribution in [0.5, 0.6) is 0 Å². The molecule has 100 valence electrons. The lowest BCUT2D eigenvalue weighted by molar-refractivity contribution is 0.102. The smallest absolute Gasteiger partial charge is 0.258 e. The van der Waals surface area contributed by atoms with E-state index < -0.39 is 0 Å². The first-order valence-corrected chi connectivity index (χ1v) is 8.16. The van der Waals surface area contributed by atoms with Gasteiger partial charge in [-0.2, -0.15) is 0 Å². The first kappa shape index (κ1) is 13.4. The van der Waals surface area contributed by atoms with Crippen LogP contribution in [0.3, 0.4) is 0 Å². The zero-order valence-electron chi connectivity index (χ0n) is 10.0. The number of carbonyl (C=O) groups is 1. The van der Waals surface area contributed by atoms with E-state index in [9.17, 15) is 4.79 Å². The molecule has 0 radical (unpaired) electrons. The van der Waals surface area contributed by atoms with Crippen molar-refractivity contribution in [3.8, 4) is 9.88 Å². The highest BCUT2D eigenvalue weighted by Crippen LogP contribution is 2.30. The van der Waals surface area contributed by atoms with E-state index in [1.165, 1.54) is 11.3 Å². The average molecular weight is 366 g/mol. The number of halogens is 1. The number of hydrogen-bond donors (Lipinski definition) is 1. The van der Waals surface area contributed by atoms with Gasteiger partial charge in [-0.3, -0.25) is 10.1 Å². The topological polar surface area (TPSA) is 54.9 Å². The van der Waals surface area contributed by atoms with Gasteiger partial charge in [0.15, 0.2) is 5.01 Å². The van der Waals surface area contributed by atoms with E-state index in [-0.39, 0.29) is 5.91 Å². The molecule has 0 aliphatic heterocycles. The molecule has 0 unspecified atom stereocenters.